The van der Waals surface area contributed by atoms with Crippen LogP contribution in [0.25, 0.3) is 0 Å². The molecule has 3 N–H and O–H groups in total. The molecule has 1 aliphatic rings. The molecule has 0 bridgehead atoms. The van der Waals surface area contributed by atoms with Gasteiger partial charge in [-0.25, -0.2) is 0 Å². The van der Waals surface area contributed by atoms with Gasteiger partial charge in [-0.1, -0.05) is 0 Å². The third kappa shape index (κ3) is 2.33. The second-order valence-corrected chi connectivity index (χ2v) is 3.15. The zero-order chi connectivity index (χ0) is 10.1. The van der Waals surface area contributed by atoms with Crippen molar-refractivity contribution in [3.05, 3.63) is 0 Å². The van der Waals surface area contributed by atoms with Gasteiger partial charge in [-0.3, -0.25) is 4.79 Å². The Morgan fingerprint density at radius 2 is 2.08 bits per heavy atom. The molecular formula is C7H11F3N2O. The zero-order valence-electron chi connectivity index (χ0n) is 6.90. The number of carbonyl (C=O) groups excluding carboxylic acids is 1. The normalized spacial score (nSPS) is 30.1. The van der Waals surface area contributed by atoms with E-state index in [1.54, 1.807) is 0 Å². The smallest absolute Gasteiger partial charge is 0.369 e. The van der Waals surface area contributed by atoms with Gasteiger partial charge in [-0.05, 0) is 13.0 Å². The van der Waals surface area contributed by atoms with E-state index in [4.69, 9.17) is 5.73 Å². The average molecular weight is 196 g/mol. The highest BCUT2D eigenvalue weighted by molar-refractivity contribution is 5.77. The number of amides is 1. The van der Waals surface area contributed by atoms with Crippen LogP contribution >= 0.6 is 0 Å². The largest absolute Gasteiger partial charge is 0.393 e. The Balaban J connectivity index is 2.73. The number of nitrogens with one attached hydrogen (secondary N) is 1. The lowest BCUT2D eigenvalue weighted by atomic mass is 9.85. The molecule has 1 saturated heterocycles. The van der Waals surface area contributed by atoms with Crippen LogP contribution in [0.2, 0.25) is 0 Å². The van der Waals surface area contributed by atoms with Crippen LogP contribution < -0.4 is 11.1 Å². The standard InChI is InChI=1S/C7H11F3N2O/c8-7(9,10)5-3-12-2-1-4(5)6(11)13/h4-5,12H,1-3H2,(H2,11,13). The average Bonchev–Trinajstić information content (AvgIpc) is 2.03. The minimum absolute atomic E-state index is 0.166. The molecule has 1 amide bonds. The van der Waals surface area contributed by atoms with E-state index in [2.05, 4.69) is 5.32 Å². The first kappa shape index (κ1) is 10.3. The van der Waals surface area contributed by atoms with Gasteiger partial charge >= 0.3 is 6.18 Å². The first-order chi connectivity index (χ1) is 5.93. The predicted octanol–water partition coefficient (Wildman–Crippen LogP) is 0.260. The predicted molar refractivity (Wildman–Crippen MR) is 39.7 cm³/mol. The highest BCUT2D eigenvalue weighted by Gasteiger charge is 2.47. The molecule has 13 heavy (non-hydrogen) atoms. The lowest BCUT2D eigenvalue weighted by molar-refractivity contribution is -0.193. The Labute approximate surface area is 73.5 Å². The van der Waals surface area contributed by atoms with E-state index >= 15 is 0 Å². The third-order valence-corrected chi connectivity index (χ3v) is 2.27. The molecule has 0 aromatic heterocycles. The van der Waals surface area contributed by atoms with Crippen molar-refractivity contribution in [1.29, 1.82) is 0 Å². The maximum atomic E-state index is 12.3. The van der Waals surface area contributed by atoms with Crippen LogP contribution in [-0.2, 0) is 4.79 Å². The quantitative estimate of drug-likeness (QED) is 0.632. The van der Waals surface area contributed by atoms with Crippen molar-refractivity contribution in [1.82, 2.24) is 5.32 Å². The Kier molecular flexibility index (Phi) is 2.80. The Morgan fingerprint density at radius 3 is 2.46 bits per heavy atom. The lowest BCUT2D eigenvalue weighted by Crippen LogP contribution is -2.48. The molecule has 2 unspecified atom stereocenters. The van der Waals surface area contributed by atoms with Crippen molar-refractivity contribution in [2.24, 2.45) is 17.6 Å². The summed E-state index contributed by atoms with van der Waals surface area (Å²) in [7, 11) is 0. The summed E-state index contributed by atoms with van der Waals surface area (Å²) in [4.78, 5) is 10.7. The topological polar surface area (TPSA) is 55.1 Å². The maximum Gasteiger partial charge on any atom is 0.393 e. The fourth-order valence-electron chi connectivity index (χ4n) is 1.54. The van der Waals surface area contributed by atoms with Crippen molar-refractivity contribution in [3.63, 3.8) is 0 Å². The van der Waals surface area contributed by atoms with E-state index in [0.29, 0.717) is 6.54 Å². The fourth-order valence-corrected chi connectivity index (χ4v) is 1.54. The number of alkyl halides is 3. The Bertz CT molecular complexity index is 204. The number of carbonyl (C=O) groups is 1. The highest BCUT2D eigenvalue weighted by Crippen LogP contribution is 2.34. The van der Waals surface area contributed by atoms with E-state index in [-0.39, 0.29) is 13.0 Å². The number of piperidine rings is 1. The SMILES string of the molecule is NC(=O)C1CCNCC1C(F)(F)F. The van der Waals surface area contributed by atoms with Gasteiger partial charge in [-0.2, -0.15) is 13.2 Å². The molecule has 1 aliphatic heterocycles. The van der Waals surface area contributed by atoms with Gasteiger partial charge < -0.3 is 11.1 Å². The zero-order valence-corrected chi connectivity index (χ0v) is 6.90. The summed E-state index contributed by atoms with van der Waals surface area (Å²) in [5.74, 6) is -3.55. The van der Waals surface area contributed by atoms with Crippen LogP contribution in [0.15, 0.2) is 0 Å². The summed E-state index contributed by atoms with van der Waals surface area (Å²) < 4.78 is 36.9. The molecule has 1 rings (SSSR count). The van der Waals surface area contributed by atoms with Crippen LogP contribution in [-0.4, -0.2) is 25.2 Å². The van der Waals surface area contributed by atoms with E-state index < -0.39 is 23.9 Å². The van der Waals surface area contributed by atoms with Gasteiger partial charge in [0.2, 0.25) is 5.91 Å². The van der Waals surface area contributed by atoms with Crippen molar-refractivity contribution < 1.29 is 18.0 Å². The molecule has 76 valence electrons. The van der Waals surface area contributed by atoms with Crippen LogP contribution in [0, 0.1) is 11.8 Å². The number of nitrogens with two attached hydrogens (primary N) is 1. The second kappa shape index (κ2) is 3.53. The summed E-state index contributed by atoms with van der Waals surface area (Å²) in [6.07, 6.45) is -4.17. The summed E-state index contributed by atoms with van der Waals surface area (Å²) in [6.45, 7) is 0.206. The molecule has 1 fully saturated rings. The van der Waals surface area contributed by atoms with E-state index in [9.17, 15) is 18.0 Å². The van der Waals surface area contributed by atoms with Crippen LogP contribution in [0.3, 0.4) is 0 Å². The first-order valence-corrected chi connectivity index (χ1v) is 3.99. The van der Waals surface area contributed by atoms with Crippen molar-refractivity contribution >= 4 is 5.91 Å². The summed E-state index contributed by atoms with van der Waals surface area (Å²) in [5.41, 5.74) is 4.89. The molecular weight excluding hydrogens is 185 g/mol. The Morgan fingerprint density at radius 1 is 1.46 bits per heavy atom. The highest BCUT2D eigenvalue weighted by atomic mass is 19.4. The molecule has 0 aliphatic carbocycles. The molecule has 0 radical (unpaired) electrons. The molecule has 3 nitrogen and oxygen atoms in total. The minimum Gasteiger partial charge on any atom is -0.369 e. The minimum atomic E-state index is -4.34. The second-order valence-electron chi connectivity index (χ2n) is 3.15. The number of halogens is 3. The van der Waals surface area contributed by atoms with E-state index in [0.717, 1.165) is 0 Å². The van der Waals surface area contributed by atoms with Crippen molar-refractivity contribution in [2.45, 2.75) is 12.6 Å². The molecule has 0 saturated carbocycles. The molecule has 6 heteroatoms. The van der Waals surface area contributed by atoms with Gasteiger partial charge in [0.25, 0.3) is 0 Å². The molecule has 0 aromatic rings. The Hall–Kier alpha value is -0.780. The molecule has 0 aromatic carbocycles. The van der Waals surface area contributed by atoms with Gasteiger partial charge in [0, 0.05) is 6.54 Å². The van der Waals surface area contributed by atoms with Crippen LogP contribution in [0.5, 0.6) is 0 Å². The first-order valence-electron chi connectivity index (χ1n) is 3.99. The monoisotopic (exact) mass is 196 g/mol. The number of hydrogen-bond donors (Lipinski definition) is 2. The van der Waals surface area contributed by atoms with Crippen molar-refractivity contribution in [3.8, 4) is 0 Å². The summed E-state index contributed by atoms with van der Waals surface area (Å²) in [6, 6.07) is 0. The summed E-state index contributed by atoms with van der Waals surface area (Å²) in [5, 5.41) is 2.60. The number of hydrogen-bond acceptors (Lipinski definition) is 2. The molecule has 1 heterocycles. The van der Waals surface area contributed by atoms with Gasteiger partial charge in [0.15, 0.2) is 0 Å². The van der Waals surface area contributed by atoms with Crippen LogP contribution in [0.1, 0.15) is 6.42 Å². The van der Waals surface area contributed by atoms with E-state index in [1.807, 2.05) is 0 Å². The third-order valence-electron chi connectivity index (χ3n) is 2.27. The number of rotatable bonds is 1. The van der Waals surface area contributed by atoms with Crippen LogP contribution in [0.4, 0.5) is 13.2 Å². The van der Waals surface area contributed by atoms with Gasteiger partial charge in [-0.15, -0.1) is 0 Å². The van der Waals surface area contributed by atoms with Gasteiger partial charge in [0.1, 0.15) is 0 Å². The lowest BCUT2D eigenvalue weighted by Gasteiger charge is -2.31. The maximum absolute atomic E-state index is 12.3. The summed E-state index contributed by atoms with van der Waals surface area (Å²) >= 11 is 0. The van der Waals surface area contributed by atoms with E-state index in [1.165, 1.54) is 0 Å². The number of primary amides is 1. The molecule has 0 spiro atoms. The molecule has 2 atom stereocenters. The van der Waals surface area contributed by atoms with Crippen molar-refractivity contribution in [2.75, 3.05) is 13.1 Å². The fraction of sp³-hybridized carbons (Fsp3) is 0.857. The van der Waals surface area contributed by atoms with Gasteiger partial charge in [0.05, 0.1) is 11.8 Å².